The lowest BCUT2D eigenvalue weighted by molar-refractivity contribution is -0.146. The first-order valence-electron chi connectivity index (χ1n) is 6.06. The van der Waals surface area contributed by atoms with E-state index in [0.29, 0.717) is 19.3 Å². The van der Waals surface area contributed by atoms with Crippen molar-refractivity contribution in [2.75, 3.05) is 0 Å². The lowest BCUT2D eigenvalue weighted by Gasteiger charge is -2.20. The number of nitrogens with one attached hydrogen (secondary N) is 1. The first-order valence-corrected chi connectivity index (χ1v) is 6.06. The molecule has 0 aliphatic heterocycles. The summed E-state index contributed by atoms with van der Waals surface area (Å²) >= 11 is 0. The van der Waals surface area contributed by atoms with Gasteiger partial charge in [-0.25, -0.2) is 0 Å². The van der Waals surface area contributed by atoms with Gasteiger partial charge in [-0.1, -0.05) is 13.3 Å². The maximum atomic E-state index is 12.0. The molecule has 1 amide bonds. The molecular formula is C13H19NO3. The van der Waals surface area contributed by atoms with Gasteiger partial charge in [0.1, 0.15) is 0 Å². The highest BCUT2D eigenvalue weighted by Gasteiger charge is 2.38. The lowest BCUT2D eigenvalue weighted by Crippen LogP contribution is -2.40. The van der Waals surface area contributed by atoms with Crippen LogP contribution in [0.25, 0.3) is 0 Å². The van der Waals surface area contributed by atoms with Crippen LogP contribution in [0.3, 0.4) is 0 Å². The molecule has 0 radical (unpaired) electrons. The summed E-state index contributed by atoms with van der Waals surface area (Å²) in [6.45, 7) is 1.95. The summed E-state index contributed by atoms with van der Waals surface area (Å²) in [4.78, 5) is 22.9. The summed E-state index contributed by atoms with van der Waals surface area (Å²) in [6.07, 6.45) is 8.54. The molecule has 1 fully saturated rings. The number of carboxylic acid groups (broad SMARTS) is 1. The summed E-state index contributed by atoms with van der Waals surface area (Å²) in [5.41, 5.74) is 0. The highest BCUT2D eigenvalue weighted by atomic mass is 16.4. The number of rotatable bonds is 5. The van der Waals surface area contributed by atoms with Crippen molar-refractivity contribution in [2.24, 2.45) is 11.8 Å². The number of hydrogen-bond acceptors (Lipinski definition) is 2. The molecule has 3 atom stereocenters. The van der Waals surface area contributed by atoms with E-state index in [2.05, 4.69) is 11.2 Å². The van der Waals surface area contributed by atoms with Gasteiger partial charge in [0.2, 0.25) is 5.91 Å². The predicted molar refractivity (Wildman–Crippen MR) is 64.1 cm³/mol. The number of carbonyl (C=O) groups excluding carboxylic acids is 1. The van der Waals surface area contributed by atoms with Gasteiger partial charge >= 0.3 is 5.97 Å². The molecule has 0 aromatic rings. The van der Waals surface area contributed by atoms with Gasteiger partial charge in [0, 0.05) is 12.5 Å². The van der Waals surface area contributed by atoms with Crippen LogP contribution in [0.1, 0.15) is 39.0 Å². The summed E-state index contributed by atoms with van der Waals surface area (Å²) in [5, 5.41) is 11.9. The third-order valence-corrected chi connectivity index (χ3v) is 3.37. The van der Waals surface area contributed by atoms with Crippen LogP contribution >= 0.6 is 0 Å². The van der Waals surface area contributed by atoms with Gasteiger partial charge in [-0.2, -0.15) is 0 Å². The van der Waals surface area contributed by atoms with Gasteiger partial charge < -0.3 is 10.4 Å². The number of hydrogen-bond donors (Lipinski definition) is 2. The Balaban J connectivity index is 2.57. The maximum absolute atomic E-state index is 12.0. The van der Waals surface area contributed by atoms with Crippen molar-refractivity contribution >= 4 is 11.9 Å². The molecule has 0 aromatic heterocycles. The Hall–Kier alpha value is -1.50. The van der Waals surface area contributed by atoms with Crippen LogP contribution in [-0.4, -0.2) is 23.0 Å². The SMILES string of the molecule is C#CCC(CC)NC(=O)[C@@H]1CCC[C@@H]1C(=O)O. The van der Waals surface area contributed by atoms with Gasteiger partial charge in [0.05, 0.1) is 11.8 Å². The normalized spacial score (nSPS) is 24.9. The van der Waals surface area contributed by atoms with E-state index < -0.39 is 11.9 Å². The summed E-state index contributed by atoms with van der Waals surface area (Å²) in [6, 6.07) is -0.0393. The van der Waals surface area contributed by atoms with Crippen LogP contribution < -0.4 is 5.32 Å². The van der Waals surface area contributed by atoms with Crippen LogP contribution in [0.2, 0.25) is 0 Å². The Labute approximate surface area is 102 Å². The van der Waals surface area contributed by atoms with Crippen LogP contribution in [0.5, 0.6) is 0 Å². The van der Waals surface area contributed by atoms with Crippen LogP contribution in [0, 0.1) is 24.2 Å². The molecule has 1 rings (SSSR count). The van der Waals surface area contributed by atoms with Crippen molar-refractivity contribution in [2.45, 2.75) is 45.1 Å². The van der Waals surface area contributed by atoms with Crippen LogP contribution in [0.4, 0.5) is 0 Å². The fourth-order valence-electron chi connectivity index (χ4n) is 2.32. The average molecular weight is 237 g/mol. The minimum Gasteiger partial charge on any atom is -0.481 e. The molecule has 0 aromatic carbocycles. The van der Waals surface area contributed by atoms with Crippen molar-refractivity contribution < 1.29 is 14.7 Å². The predicted octanol–water partition coefficient (Wildman–Crippen LogP) is 1.41. The van der Waals surface area contributed by atoms with E-state index in [1.54, 1.807) is 0 Å². The first-order chi connectivity index (χ1) is 8.10. The third kappa shape index (κ3) is 3.48. The third-order valence-electron chi connectivity index (χ3n) is 3.37. The monoisotopic (exact) mass is 237 g/mol. The molecule has 1 aliphatic rings. The van der Waals surface area contributed by atoms with Gasteiger partial charge in [-0.3, -0.25) is 9.59 Å². The fourth-order valence-corrected chi connectivity index (χ4v) is 2.32. The van der Waals surface area contributed by atoms with E-state index in [-0.39, 0.29) is 17.9 Å². The van der Waals surface area contributed by atoms with Gasteiger partial charge in [0.25, 0.3) is 0 Å². The number of carboxylic acids is 1. The van der Waals surface area contributed by atoms with Crippen LogP contribution in [-0.2, 0) is 9.59 Å². The molecule has 1 saturated carbocycles. The number of carbonyl (C=O) groups is 2. The van der Waals surface area contributed by atoms with Crippen molar-refractivity contribution in [3.05, 3.63) is 0 Å². The largest absolute Gasteiger partial charge is 0.481 e. The number of aliphatic carboxylic acids is 1. The Morgan fingerprint density at radius 3 is 2.65 bits per heavy atom. The molecule has 0 heterocycles. The zero-order valence-corrected chi connectivity index (χ0v) is 10.1. The fraction of sp³-hybridized carbons (Fsp3) is 0.692. The first kappa shape index (κ1) is 13.6. The maximum Gasteiger partial charge on any atom is 0.307 e. The Morgan fingerprint density at radius 2 is 2.12 bits per heavy atom. The molecular weight excluding hydrogens is 218 g/mol. The molecule has 4 heteroatoms. The van der Waals surface area contributed by atoms with E-state index in [0.717, 1.165) is 12.8 Å². The quantitative estimate of drug-likeness (QED) is 0.710. The van der Waals surface area contributed by atoms with Gasteiger partial charge in [-0.15, -0.1) is 12.3 Å². The van der Waals surface area contributed by atoms with Gasteiger partial charge in [0.15, 0.2) is 0 Å². The second-order valence-corrected chi connectivity index (χ2v) is 4.50. The zero-order chi connectivity index (χ0) is 12.8. The van der Waals surface area contributed by atoms with Crippen LogP contribution in [0.15, 0.2) is 0 Å². The number of amides is 1. The summed E-state index contributed by atoms with van der Waals surface area (Å²) < 4.78 is 0. The standard InChI is InChI=1S/C13H19NO3/c1-3-6-9(4-2)14-12(15)10-7-5-8-11(10)13(16)17/h1,9-11H,4-8H2,2H3,(H,14,15)(H,16,17)/t9?,10-,11+/m1/s1. The Morgan fingerprint density at radius 1 is 1.47 bits per heavy atom. The summed E-state index contributed by atoms with van der Waals surface area (Å²) in [5.74, 6) is 0.575. The molecule has 2 N–H and O–H groups in total. The molecule has 0 saturated heterocycles. The molecule has 1 aliphatic carbocycles. The van der Waals surface area contributed by atoms with E-state index in [4.69, 9.17) is 11.5 Å². The minimum atomic E-state index is -0.868. The smallest absolute Gasteiger partial charge is 0.307 e. The van der Waals surface area contributed by atoms with Gasteiger partial charge in [-0.05, 0) is 19.3 Å². The van der Waals surface area contributed by atoms with E-state index in [1.165, 1.54) is 0 Å². The topological polar surface area (TPSA) is 66.4 Å². The Bertz CT molecular complexity index is 332. The van der Waals surface area contributed by atoms with Crippen molar-refractivity contribution in [1.29, 1.82) is 0 Å². The Kier molecular flexibility index (Phi) is 5.02. The summed E-state index contributed by atoms with van der Waals surface area (Å²) in [7, 11) is 0. The molecule has 4 nitrogen and oxygen atoms in total. The average Bonchev–Trinajstić information content (AvgIpc) is 2.77. The molecule has 94 valence electrons. The molecule has 1 unspecified atom stereocenters. The van der Waals surface area contributed by atoms with E-state index in [1.807, 2.05) is 6.92 Å². The minimum absolute atomic E-state index is 0.0393. The lowest BCUT2D eigenvalue weighted by atomic mass is 9.95. The van der Waals surface area contributed by atoms with Crippen molar-refractivity contribution in [3.8, 4) is 12.3 Å². The van der Waals surface area contributed by atoms with Crippen molar-refractivity contribution in [1.82, 2.24) is 5.32 Å². The zero-order valence-electron chi connectivity index (χ0n) is 10.1. The van der Waals surface area contributed by atoms with E-state index >= 15 is 0 Å². The molecule has 17 heavy (non-hydrogen) atoms. The molecule has 0 spiro atoms. The highest BCUT2D eigenvalue weighted by molar-refractivity contribution is 5.85. The second-order valence-electron chi connectivity index (χ2n) is 4.50. The van der Waals surface area contributed by atoms with E-state index in [9.17, 15) is 9.59 Å². The molecule has 0 bridgehead atoms. The van der Waals surface area contributed by atoms with Crippen molar-refractivity contribution in [3.63, 3.8) is 0 Å². The highest BCUT2D eigenvalue weighted by Crippen LogP contribution is 2.32. The second kappa shape index (κ2) is 6.29. The number of terminal acetylenes is 1.